The van der Waals surface area contributed by atoms with Gasteiger partial charge in [0.2, 0.25) is 11.9 Å². The van der Waals surface area contributed by atoms with Gasteiger partial charge in [0.15, 0.2) is 5.65 Å². The Morgan fingerprint density at radius 1 is 1.23 bits per heavy atom. The second-order valence-electron chi connectivity index (χ2n) is 5.91. The molecule has 2 heterocycles. The summed E-state index contributed by atoms with van der Waals surface area (Å²) in [5.41, 5.74) is 1.64. The fraction of sp³-hybridized carbons (Fsp3) is 0.389. The minimum Gasteiger partial charge on any atom is -0.396 e. The Morgan fingerprint density at radius 3 is 2.69 bits per heavy atom. The predicted octanol–water partition coefficient (Wildman–Crippen LogP) is 3.72. The van der Waals surface area contributed by atoms with Crippen LogP contribution in [0.25, 0.3) is 11.2 Å². The molecular formula is C18H25FN6O. The van der Waals surface area contributed by atoms with Crippen molar-refractivity contribution in [2.75, 3.05) is 23.8 Å². The summed E-state index contributed by atoms with van der Waals surface area (Å²) >= 11 is 0. The maximum absolute atomic E-state index is 13.9. The van der Waals surface area contributed by atoms with Gasteiger partial charge in [-0.1, -0.05) is 19.6 Å². The van der Waals surface area contributed by atoms with Crippen LogP contribution in [0.4, 0.5) is 22.0 Å². The van der Waals surface area contributed by atoms with E-state index in [2.05, 4.69) is 25.6 Å². The minimum absolute atomic E-state index is 0. The van der Waals surface area contributed by atoms with Gasteiger partial charge in [0.1, 0.15) is 11.3 Å². The van der Waals surface area contributed by atoms with E-state index in [1.165, 1.54) is 6.07 Å². The number of aliphatic hydroxyl groups excluding tert-OH is 1. The molecule has 0 saturated carbocycles. The summed E-state index contributed by atoms with van der Waals surface area (Å²) < 4.78 is 15.8. The molecule has 0 unspecified atom stereocenters. The van der Waals surface area contributed by atoms with Crippen molar-refractivity contribution in [3.8, 4) is 0 Å². The molecule has 0 radical (unpaired) electrons. The normalized spacial score (nSPS) is 10.8. The number of benzene rings is 1. The number of imidazole rings is 1. The molecule has 0 saturated heterocycles. The number of aromatic nitrogens is 4. The smallest absolute Gasteiger partial charge is 0.224 e. The summed E-state index contributed by atoms with van der Waals surface area (Å²) in [6.45, 7) is 4.71. The number of nitrogens with zero attached hydrogens (tertiary/aromatic N) is 4. The molecule has 8 heteroatoms. The van der Waals surface area contributed by atoms with Crippen LogP contribution < -0.4 is 10.6 Å². The summed E-state index contributed by atoms with van der Waals surface area (Å²) in [5, 5.41) is 15.0. The molecule has 3 N–H and O–H groups in total. The average Bonchev–Trinajstić information content (AvgIpc) is 2.94. The van der Waals surface area contributed by atoms with Crippen molar-refractivity contribution < 1.29 is 9.50 Å². The molecule has 0 atom stereocenters. The van der Waals surface area contributed by atoms with Gasteiger partial charge in [-0.05, 0) is 32.4 Å². The third-order valence-corrected chi connectivity index (χ3v) is 3.69. The fourth-order valence-corrected chi connectivity index (χ4v) is 2.52. The highest BCUT2D eigenvalue weighted by atomic mass is 19.1. The van der Waals surface area contributed by atoms with Gasteiger partial charge in [-0.15, -0.1) is 0 Å². The second kappa shape index (κ2) is 8.57. The van der Waals surface area contributed by atoms with Gasteiger partial charge in [0, 0.05) is 19.2 Å². The molecule has 7 nitrogen and oxygen atoms in total. The van der Waals surface area contributed by atoms with Crippen molar-refractivity contribution in [3.63, 3.8) is 0 Å². The van der Waals surface area contributed by atoms with E-state index in [1.54, 1.807) is 24.4 Å². The van der Waals surface area contributed by atoms with E-state index in [4.69, 9.17) is 5.11 Å². The average molecular weight is 360 g/mol. The molecule has 1 aromatic carbocycles. The molecule has 0 spiro atoms. The topological polar surface area (TPSA) is 87.9 Å². The van der Waals surface area contributed by atoms with Crippen LogP contribution in [-0.2, 0) is 0 Å². The molecule has 3 rings (SSSR count). The molecular weight excluding hydrogens is 335 g/mol. The first-order chi connectivity index (χ1) is 12.1. The first-order valence-corrected chi connectivity index (χ1v) is 8.21. The quantitative estimate of drug-likeness (QED) is 0.557. The largest absolute Gasteiger partial charge is 0.396 e. The zero-order chi connectivity index (χ0) is 17.8. The number of aliphatic hydroxyl groups is 1. The van der Waals surface area contributed by atoms with Crippen molar-refractivity contribution in [1.82, 2.24) is 19.5 Å². The first-order valence-electron chi connectivity index (χ1n) is 8.21. The maximum atomic E-state index is 13.9. The Morgan fingerprint density at radius 2 is 2.00 bits per heavy atom. The second-order valence-corrected chi connectivity index (χ2v) is 5.91. The molecule has 3 aromatic rings. The van der Waals surface area contributed by atoms with E-state index in [0.717, 1.165) is 0 Å². The minimum atomic E-state index is -0.345. The van der Waals surface area contributed by atoms with E-state index < -0.39 is 0 Å². The molecule has 140 valence electrons. The third kappa shape index (κ3) is 4.08. The van der Waals surface area contributed by atoms with E-state index >= 15 is 0 Å². The standard InChI is InChI=1S/C17H21FN6O.CH4/c1-11(2)24-15-14(10-20-16(23-15)19-8-5-9-25)22-17(24)21-13-7-4-3-6-12(13)18;/h3-4,6-7,10-11,25H,5,8-9H2,1-2H3,(H,21,22)(H,19,20,23);1H4. The van der Waals surface area contributed by atoms with E-state index in [1.807, 2.05) is 18.4 Å². The van der Waals surface area contributed by atoms with E-state index in [9.17, 15) is 4.39 Å². The maximum Gasteiger partial charge on any atom is 0.224 e. The lowest BCUT2D eigenvalue weighted by molar-refractivity contribution is 0.292. The van der Waals surface area contributed by atoms with Crippen molar-refractivity contribution in [2.45, 2.75) is 33.7 Å². The summed E-state index contributed by atoms with van der Waals surface area (Å²) in [7, 11) is 0. The van der Waals surface area contributed by atoms with Crippen molar-refractivity contribution >= 4 is 28.7 Å². The lowest BCUT2D eigenvalue weighted by atomic mass is 10.3. The molecule has 0 bridgehead atoms. The number of nitrogens with one attached hydrogen (secondary N) is 2. The van der Waals surface area contributed by atoms with Gasteiger partial charge >= 0.3 is 0 Å². The lowest BCUT2D eigenvalue weighted by Crippen LogP contribution is -2.09. The molecule has 0 fully saturated rings. The Bertz CT molecular complexity index is 864. The zero-order valence-electron chi connectivity index (χ0n) is 14.2. The van der Waals surface area contributed by atoms with Crippen LogP contribution in [0.15, 0.2) is 30.5 Å². The Balaban J connectivity index is 0.00000243. The van der Waals surface area contributed by atoms with Gasteiger partial charge < -0.3 is 15.7 Å². The Kier molecular flexibility index (Phi) is 6.46. The van der Waals surface area contributed by atoms with Crippen LogP contribution in [-0.4, -0.2) is 37.8 Å². The van der Waals surface area contributed by atoms with Crippen LogP contribution in [0.1, 0.15) is 33.7 Å². The summed E-state index contributed by atoms with van der Waals surface area (Å²) in [6, 6.07) is 6.53. The number of rotatable bonds is 7. The van der Waals surface area contributed by atoms with Gasteiger partial charge in [-0.3, -0.25) is 4.57 Å². The SMILES string of the molecule is C.CC(C)n1c(Nc2ccccc2F)nc2cnc(NCCCO)nc21. The zero-order valence-corrected chi connectivity index (χ0v) is 14.2. The highest BCUT2D eigenvalue weighted by Gasteiger charge is 2.17. The summed E-state index contributed by atoms with van der Waals surface area (Å²) in [4.78, 5) is 13.3. The van der Waals surface area contributed by atoms with Crippen LogP contribution in [0.3, 0.4) is 0 Å². The number of para-hydroxylation sites is 1. The molecule has 2 aromatic heterocycles. The molecule has 0 aliphatic carbocycles. The van der Waals surface area contributed by atoms with E-state index in [-0.39, 0.29) is 25.9 Å². The van der Waals surface area contributed by atoms with Gasteiger partial charge in [0.25, 0.3) is 0 Å². The summed E-state index contributed by atoms with van der Waals surface area (Å²) in [6.07, 6.45) is 2.25. The highest BCUT2D eigenvalue weighted by molar-refractivity contribution is 5.76. The Labute approximate surface area is 152 Å². The van der Waals surface area contributed by atoms with E-state index in [0.29, 0.717) is 41.7 Å². The predicted molar refractivity (Wildman–Crippen MR) is 102 cm³/mol. The van der Waals surface area contributed by atoms with Crippen LogP contribution >= 0.6 is 0 Å². The van der Waals surface area contributed by atoms with Crippen molar-refractivity contribution in [3.05, 3.63) is 36.3 Å². The number of hydrogen-bond acceptors (Lipinski definition) is 6. The molecule has 26 heavy (non-hydrogen) atoms. The lowest BCUT2D eigenvalue weighted by Gasteiger charge is -2.14. The molecule has 0 aliphatic heterocycles. The number of halogens is 1. The van der Waals surface area contributed by atoms with Crippen LogP contribution in [0.2, 0.25) is 0 Å². The summed E-state index contributed by atoms with van der Waals surface area (Å²) in [5.74, 6) is 0.638. The van der Waals surface area contributed by atoms with Crippen LogP contribution in [0.5, 0.6) is 0 Å². The molecule has 0 amide bonds. The van der Waals surface area contributed by atoms with Gasteiger partial charge in [0.05, 0.1) is 11.9 Å². The number of fused-ring (bicyclic) bond motifs is 1. The monoisotopic (exact) mass is 360 g/mol. The molecule has 0 aliphatic rings. The Hall–Kier alpha value is -2.74. The van der Waals surface area contributed by atoms with Gasteiger partial charge in [-0.25, -0.2) is 14.4 Å². The van der Waals surface area contributed by atoms with Crippen molar-refractivity contribution in [2.24, 2.45) is 0 Å². The third-order valence-electron chi connectivity index (χ3n) is 3.69. The number of hydrogen-bond donors (Lipinski definition) is 3. The van der Waals surface area contributed by atoms with Crippen LogP contribution in [0, 0.1) is 5.82 Å². The van der Waals surface area contributed by atoms with Crippen molar-refractivity contribution in [1.29, 1.82) is 0 Å². The first kappa shape index (κ1) is 19.6. The number of anilines is 3. The van der Waals surface area contributed by atoms with Gasteiger partial charge in [-0.2, -0.15) is 4.98 Å². The highest BCUT2D eigenvalue weighted by Crippen LogP contribution is 2.26. The fourth-order valence-electron chi connectivity index (χ4n) is 2.52.